The predicted molar refractivity (Wildman–Crippen MR) is 95.1 cm³/mol. The molecule has 0 unspecified atom stereocenters. The first-order valence-corrected chi connectivity index (χ1v) is 8.19. The van der Waals surface area contributed by atoms with Crippen LogP contribution in [-0.4, -0.2) is 42.1 Å². The molecule has 5 nitrogen and oxygen atoms in total. The van der Waals surface area contributed by atoms with Gasteiger partial charge in [-0.05, 0) is 36.4 Å². The molecule has 0 fully saturated rings. The lowest BCUT2D eigenvalue weighted by molar-refractivity contribution is 0.0521. The average Bonchev–Trinajstić information content (AvgIpc) is 2.67. The van der Waals surface area contributed by atoms with E-state index in [1.54, 1.807) is 18.1 Å². The fraction of sp³-hybridized carbons (Fsp3) is 0.200. The number of carbonyl (C=O) groups is 1. The number of benzene rings is 2. The molecule has 0 bridgehead atoms. The second-order valence-corrected chi connectivity index (χ2v) is 6.09. The van der Waals surface area contributed by atoms with Crippen LogP contribution in [0.25, 0.3) is 10.9 Å². The van der Waals surface area contributed by atoms with Gasteiger partial charge in [0.2, 0.25) is 0 Å². The van der Waals surface area contributed by atoms with Crippen molar-refractivity contribution in [3.63, 3.8) is 0 Å². The van der Waals surface area contributed by atoms with Crippen LogP contribution in [0.3, 0.4) is 0 Å². The molecule has 0 saturated carbocycles. The minimum atomic E-state index is -0.189. The summed E-state index contributed by atoms with van der Waals surface area (Å²) in [5.41, 5.74) is 1.52. The zero-order valence-corrected chi connectivity index (χ0v) is 13.9. The molecule has 0 N–H and O–H groups in total. The number of likely N-dealkylation sites (N-methyl/N-ethyl adjacent to an activating group) is 1. The van der Waals surface area contributed by atoms with Gasteiger partial charge in [-0.1, -0.05) is 18.2 Å². The zero-order valence-electron chi connectivity index (χ0n) is 13.9. The number of hydrogen-bond acceptors (Lipinski definition) is 4. The average molecular weight is 334 g/mol. The van der Waals surface area contributed by atoms with Crippen LogP contribution in [0.4, 0.5) is 0 Å². The molecule has 0 aliphatic carbocycles. The van der Waals surface area contributed by atoms with E-state index in [9.17, 15) is 4.79 Å². The summed E-state index contributed by atoms with van der Waals surface area (Å²) >= 11 is 0. The fourth-order valence-electron chi connectivity index (χ4n) is 2.97. The van der Waals surface area contributed by atoms with Crippen molar-refractivity contribution >= 4 is 16.8 Å². The van der Waals surface area contributed by atoms with Crippen molar-refractivity contribution < 1.29 is 14.3 Å². The highest BCUT2D eigenvalue weighted by Crippen LogP contribution is 2.31. The molecule has 25 heavy (non-hydrogen) atoms. The first kappa shape index (κ1) is 15.4. The summed E-state index contributed by atoms with van der Waals surface area (Å²) in [6, 6.07) is 16.9. The van der Waals surface area contributed by atoms with Gasteiger partial charge in [-0.25, -0.2) is 0 Å². The topological polar surface area (TPSA) is 51.7 Å². The van der Waals surface area contributed by atoms with E-state index in [1.165, 1.54) is 0 Å². The Balaban J connectivity index is 1.47. The van der Waals surface area contributed by atoms with Crippen molar-refractivity contribution in [3.8, 4) is 11.5 Å². The summed E-state index contributed by atoms with van der Waals surface area (Å²) in [4.78, 5) is 18.7. The minimum absolute atomic E-state index is 0.0480. The van der Waals surface area contributed by atoms with Gasteiger partial charge in [0.25, 0.3) is 5.91 Å². The van der Waals surface area contributed by atoms with Crippen LogP contribution in [0.2, 0.25) is 0 Å². The van der Waals surface area contributed by atoms with Crippen LogP contribution in [0, 0.1) is 0 Å². The predicted octanol–water partition coefficient (Wildman–Crippen LogP) is 3.15. The molecule has 1 amide bonds. The normalized spacial score (nSPS) is 15.8. The van der Waals surface area contributed by atoms with E-state index in [-0.39, 0.29) is 12.0 Å². The van der Waals surface area contributed by atoms with Gasteiger partial charge in [0.05, 0.1) is 12.1 Å². The number of aromatic nitrogens is 1. The minimum Gasteiger partial charge on any atom is -0.486 e. The summed E-state index contributed by atoms with van der Waals surface area (Å²) in [7, 11) is 1.78. The lowest BCUT2D eigenvalue weighted by atomic mass is 10.1. The van der Waals surface area contributed by atoms with Gasteiger partial charge in [-0.3, -0.25) is 9.78 Å². The van der Waals surface area contributed by atoms with Crippen LogP contribution >= 0.6 is 0 Å². The van der Waals surface area contributed by atoms with Crippen LogP contribution in [0.5, 0.6) is 11.5 Å². The Labute approximate surface area is 145 Å². The molecule has 1 aliphatic rings. The number of rotatable bonds is 3. The SMILES string of the molecule is CN(C[C@@H]1COc2ccccc2O1)C(=O)c1ccc2ncccc2c1. The van der Waals surface area contributed by atoms with Crippen molar-refractivity contribution in [1.29, 1.82) is 0 Å². The molecule has 0 saturated heterocycles. The van der Waals surface area contributed by atoms with Crippen molar-refractivity contribution in [3.05, 3.63) is 66.4 Å². The van der Waals surface area contributed by atoms with Crippen molar-refractivity contribution in [1.82, 2.24) is 9.88 Å². The lowest BCUT2D eigenvalue weighted by Crippen LogP contribution is -2.41. The van der Waals surface area contributed by atoms with Gasteiger partial charge in [-0.2, -0.15) is 0 Å². The zero-order chi connectivity index (χ0) is 17.2. The molecule has 1 aromatic heterocycles. The number of nitrogens with zero attached hydrogens (tertiary/aromatic N) is 2. The van der Waals surface area contributed by atoms with Crippen molar-refractivity contribution in [2.45, 2.75) is 6.10 Å². The number of fused-ring (bicyclic) bond motifs is 2. The Morgan fingerprint density at radius 3 is 2.88 bits per heavy atom. The maximum Gasteiger partial charge on any atom is 0.253 e. The van der Waals surface area contributed by atoms with Gasteiger partial charge in [-0.15, -0.1) is 0 Å². The lowest BCUT2D eigenvalue weighted by Gasteiger charge is -2.29. The standard InChI is InChI=1S/C20H18N2O3/c1-22(12-16-13-24-18-6-2-3-7-19(18)25-16)20(23)15-8-9-17-14(11-15)5-4-10-21-17/h2-11,16H,12-13H2,1H3/t16-/m1/s1. The van der Waals surface area contributed by atoms with Gasteiger partial charge in [0.1, 0.15) is 6.61 Å². The highest BCUT2D eigenvalue weighted by molar-refractivity contribution is 5.97. The van der Waals surface area contributed by atoms with Crippen LogP contribution in [0.1, 0.15) is 10.4 Å². The third-order valence-electron chi connectivity index (χ3n) is 4.24. The van der Waals surface area contributed by atoms with E-state index >= 15 is 0 Å². The highest BCUT2D eigenvalue weighted by Gasteiger charge is 2.24. The van der Waals surface area contributed by atoms with Crippen molar-refractivity contribution in [2.24, 2.45) is 0 Å². The molecule has 4 rings (SSSR count). The maximum absolute atomic E-state index is 12.7. The van der Waals surface area contributed by atoms with E-state index < -0.39 is 0 Å². The van der Waals surface area contributed by atoms with Gasteiger partial charge >= 0.3 is 0 Å². The number of para-hydroxylation sites is 2. The second-order valence-electron chi connectivity index (χ2n) is 6.09. The molecule has 0 radical (unpaired) electrons. The van der Waals surface area contributed by atoms with Crippen LogP contribution in [-0.2, 0) is 0 Å². The Morgan fingerprint density at radius 2 is 2.00 bits per heavy atom. The van der Waals surface area contributed by atoms with E-state index in [1.807, 2.05) is 54.6 Å². The number of carbonyl (C=O) groups excluding carboxylic acids is 1. The number of pyridine rings is 1. The Morgan fingerprint density at radius 1 is 1.16 bits per heavy atom. The molecule has 2 aromatic carbocycles. The molecule has 2 heterocycles. The van der Waals surface area contributed by atoms with Gasteiger partial charge in [0.15, 0.2) is 17.6 Å². The van der Waals surface area contributed by atoms with Crippen molar-refractivity contribution in [2.75, 3.05) is 20.2 Å². The first-order chi connectivity index (χ1) is 12.2. The molecule has 1 atom stereocenters. The Bertz CT molecular complexity index is 925. The summed E-state index contributed by atoms with van der Waals surface area (Å²) in [5.74, 6) is 1.42. The van der Waals surface area contributed by atoms with Crippen LogP contribution in [0.15, 0.2) is 60.8 Å². The van der Waals surface area contributed by atoms with E-state index in [4.69, 9.17) is 9.47 Å². The van der Waals surface area contributed by atoms with Crippen LogP contribution < -0.4 is 9.47 Å². The number of amides is 1. The maximum atomic E-state index is 12.7. The summed E-state index contributed by atoms with van der Waals surface area (Å²) in [6.45, 7) is 0.883. The molecule has 0 spiro atoms. The Hall–Kier alpha value is -3.08. The fourth-order valence-corrected chi connectivity index (χ4v) is 2.97. The van der Waals surface area contributed by atoms with E-state index in [0.717, 1.165) is 22.4 Å². The third-order valence-corrected chi connectivity index (χ3v) is 4.24. The highest BCUT2D eigenvalue weighted by atomic mass is 16.6. The van der Waals surface area contributed by atoms with Gasteiger partial charge < -0.3 is 14.4 Å². The summed E-state index contributed by atoms with van der Waals surface area (Å²) in [5, 5.41) is 0.952. The van der Waals surface area contributed by atoms with Gasteiger partial charge in [0, 0.05) is 24.2 Å². The molecule has 126 valence electrons. The monoisotopic (exact) mass is 334 g/mol. The summed E-state index contributed by atoms with van der Waals surface area (Å²) < 4.78 is 11.6. The molecular formula is C20H18N2O3. The number of ether oxygens (including phenoxy) is 2. The quantitative estimate of drug-likeness (QED) is 0.738. The summed E-state index contributed by atoms with van der Waals surface area (Å²) in [6.07, 6.45) is 1.56. The molecule has 1 aliphatic heterocycles. The molecule has 5 heteroatoms. The Kier molecular flexibility index (Phi) is 3.98. The third kappa shape index (κ3) is 3.13. The smallest absolute Gasteiger partial charge is 0.253 e. The molecule has 3 aromatic rings. The number of hydrogen-bond donors (Lipinski definition) is 0. The largest absolute Gasteiger partial charge is 0.486 e. The van der Waals surface area contributed by atoms with E-state index in [0.29, 0.717) is 18.7 Å². The first-order valence-electron chi connectivity index (χ1n) is 8.19. The second kappa shape index (κ2) is 6.43. The molecular weight excluding hydrogens is 316 g/mol. The van der Waals surface area contributed by atoms with E-state index in [2.05, 4.69) is 4.98 Å².